The minimum atomic E-state index is 0.876. The van der Waals surface area contributed by atoms with Gasteiger partial charge < -0.3 is 19.9 Å². The Kier molecular flexibility index (Phi) is 5.82. The molecule has 2 N–H and O–H groups in total. The van der Waals surface area contributed by atoms with Crippen molar-refractivity contribution in [1.82, 2.24) is 14.9 Å². The normalized spacial score (nSPS) is 11.8. The molecule has 0 atom stereocenters. The number of benzene rings is 2. The molecule has 0 unspecified atom stereocenters. The first-order valence-corrected chi connectivity index (χ1v) is 10.9. The van der Waals surface area contributed by atoms with E-state index >= 15 is 0 Å². The number of nitrogens with zero attached hydrogens (tertiary/aromatic N) is 2. The van der Waals surface area contributed by atoms with E-state index in [4.69, 9.17) is 9.72 Å². The first-order valence-electron chi connectivity index (χ1n) is 10.9. The SMILES string of the molecule is CCN(CC)CCCNc1nccc2c(C)c3[nH]c4ccc(OC)cc4c3c(C)c12. The Bertz CT molecular complexity index is 1190. The number of methoxy groups -OCH3 is 1. The Morgan fingerprint density at radius 2 is 1.83 bits per heavy atom. The second kappa shape index (κ2) is 8.52. The maximum absolute atomic E-state index is 5.48. The van der Waals surface area contributed by atoms with Gasteiger partial charge in [0.15, 0.2) is 0 Å². The van der Waals surface area contributed by atoms with Crippen molar-refractivity contribution in [3.8, 4) is 5.75 Å². The third-order valence-corrected chi connectivity index (χ3v) is 6.32. The molecule has 0 saturated heterocycles. The topological polar surface area (TPSA) is 53.2 Å². The fourth-order valence-corrected chi connectivity index (χ4v) is 4.57. The number of aromatic nitrogens is 2. The van der Waals surface area contributed by atoms with Crippen LogP contribution >= 0.6 is 0 Å². The maximum Gasteiger partial charge on any atom is 0.134 e. The zero-order valence-corrected chi connectivity index (χ0v) is 18.7. The summed E-state index contributed by atoms with van der Waals surface area (Å²) in [7, 11) is 1.72. The van der Waals surface area contributed by atoms with Gasteiger partial charge in [-0.05, 0) is 80.7 Å². The van der Waals surface area contributed by atoms with Gasteiger partial charge in [0.25, 0.3) is 0 Å². The molecular weight excluding hydrogens is 372 g/mol. The molecule has 0 aliphatic rings. The summed E-state index contributed by atoms with van der Waals surface area (Å²) in [5.74, 6) is 1.85. The van der Waals surface area contributed by atoms with E-state index in [-0.39, 0.29) is 0 Å². The van der Waals surface area contributed by atoms with E-state index < -0.39 is 0 Å². The Labute approximate surface area is 178 Å². The van der Waals surface area contributed by atoms with Gasteiger partial charge in [-0.15, -0.1) is 0 Å². The van der Waals surface area contributed by atoms with Crippen molar-refractivity contribution < 1.29 is 4.74 Å². The van der Waals surface area contributed by atoms with E-state index in [0.717, 1.165) is 49.7 Å². The molecule has 4 aromatic rings. The van der Waals surface area contributed by atoms with Crippen LogP contribution in [-0.2, 0) is 0 Å². The van der Waals surface area contributed by atoms with Crippen molar-refractivity contribution in [1.29, 1.82) is 0 Å². The molecule has 2 heterocycles. The molecule has 30 heavy (non-hydrogen) atoms. The Balaban J connectivity index is 1.79. The van der Waals surface area contributed by atoms with Gasteiger partial charge in [-0.3, -0.25) is 0 Å². The average molecular weight is 405 g/mol. The molecule has 0 saturated carbocycles. The molecule has 0 bridgehead atoms. The standard InChI is InChI=1S/C25H32N4O/c1-6-29(7-2)14-8-12-26-25-23-17(4)22-20-15-18(30-5)9-10-21(20)28-24(22)16(3)19(23)11-13-27-25/h9-11,13,15,28H,6-8,12,14H2,1-5H3,(H,26,27). The number of aromatic amines is 1. The van der Waals surface area contributed by atoms with E-state index in [9.17, 15) is 0 Å². The molecule has 0 amide bonds. The van der Waals surface area contributed by atoms with Crippen molar-refractivity contribution in [2.24, 2.45) is 0 Å². The Morgan fingerprint density at radius 1 is 1.03 bits per heavy atom. The Hall–Kier alpha value is -2.79. The molecule has 2 aromatic carbocycles. The van der Waals surface area contributed by atoms with Crippen LogP contribution in [0.25, 0.3) is 32.6 Å². The summed E-state index contributed by atoms with van der Waals surface area (Å²) in [5.41, 5.74) is 4.84. The highest BCUT2D eigenvalue weighted by molar-refractivity contribution is 6.18. The van der Waals surface area contributed by atoms with Crippen LogP contribution in [0.2, 0.25) is 0 Å². The second-order valence-corrected chi connectivity index (χ2v) is 7.93. The van der Waals surface area contributed by atoms with Crippen molar-refractivity contribution in [3.05, 3.63) is 41.6 Å². The molecule has 5 heteroatoms. The summed E-state index contributed by atoms with van der Waals surface area (Å²) in [6.07, 6.45) is 3.02. The second-order valence-electron chi connectivity index (χ2n) is 7.93. The van der Waals surface area contributed by atoms with Crippen LogP contribution in [0.4, 0.5) is 5.82 Å². The number of pyridine rings is 1. The lowest BCUT2D eigenvalue weighted by Crippen LogP contribution is -2.25. The highest BCUT2D eigenvalue weighted by Gasteiger charge is 2.17. The fourth-order valence-electron chi connectivity index (χ4n) is 4.57. The zero-order chi connectivity index (χ0) is 21.3. The predicted octanol–water partition coefficient (Wildman–Crippen LogP) is 5.64. The maximum atomic E-state index is 5.48. The largest absolute Gasteiger partial charge is 0.497 e. The number of fused-ring (bicyclic) bond motifs is 4. The number of rotatable bonds is 8. The van der Waals surface area contributed by atoms with Gasteiger partial charge in [-0.1, -0.05) is 13.8 Å². The molecule has 0 aliphatic carbocycles. The first kappa shape index (κ1) is 20.5. The highest BCUT2D eigenvalue weighted by atomic mass is 16.5. The van der Waals surface area contributed by atoms with E-state index in [1.807, 2.05) is 12.3 Å². The lowest BCUT2D eigenvalue weighted by Gasteiger charge is -2.18. The molecule has 5 nitrogen and oxygen atoms in total. The van der Waals surface area contributed by atoms with Gasteiger partial charge in [0, 0.05) is 34.4 Å². The summed E-state index contributed by atoms with van der Waals surface area (Å²) in [4.78, 5) is 10.8. The molecule has 0 aliphatic heterocycles. The number of ether oxygens (including phenoxy) is 1. The number of H-pyrrole nitrogens is 1. The van der Waals surface area contributed by atoms with E-state index in [1.165, 1.54) is 38.2 Å². The lowest BCUT2D eigenvalue weighted by atomic mass is 9.96. The lowest BCUT2D eigenvalue weighted by molar-refractivity contribution is 0.303. The number of nitrogens with one attached hydrogen (secondary N) is 2. The molecule has 0 spiro atoms. The molecule has 2 aromatic heterocycles. The van der Waals surface area contributed by atoms with Crippen LogP contribution in [0.5, 0.6) is 5.75 Å². The number of hydrogen-bond acceptors (Lipinski definition) is 4. The van der Waals surface area contributed by atoms with Crippen molar-refractivity contribution in [2.75, 3.05) is 38.6 Å². The quantitative estimate of drug-likeness (QED) is 0.373. The van der Waals surface area contributed by atoms with Crippen LogP contribution in [0.3, 0.4) is 0 Å². The van der Waals surface area contributed by atoms with E-state index in [0.29, 0.717) is 0 Å². The van der Waals surface area contributed by atoms with Gasteiger partial charge in [0.1, 0.15) is 11.6 Å². The molecule has 0 radical (unpaired) electrons. The van der Waals surface area contributed by atoms with E-state index in [2.05, 4.69) is 61.1 Å². The van der Waals surface area contributed by atoms with Crippen molar-refractivity contribution in [3.63, 3.8) is 0 Å². The van der Waals surface area contributed by atoms with Gasteiger partial charge in [0.2, 0.25) is 0 Å². The third-order valence-electron chi connectivity index (χ3n) is 6.32. The van der Waals surface area contributed by atoms with Crippen LogP contribution in [0.15, 0.2) is 30.5 Å². The highest BCUT2D eigenvalue weighted by Crippen LogP contribution is 2.39. The number of hydrogen-bond donors (Lipinski definition) is 2. The smallest absolute Gasteiger partial charge is 0.134 e. The molecule has 0 fully saturated rings. The number of anilines is 1. The van der Waals surface area contributed by atoms with Crippen LogP contribution < -0.4 is 10.1 Å². The zero-order valence-electron chi connectivity index (χ0n) is 18.7. The Morgan fingerprint density at radius 3 is 2.57 bits per heavy atom. The van der Waals surface area contributed by atoms with Crippen LogP contribution in [0.1, 0.15) is 31.4 Å². The third kappa shape index (κ3) is 3.47. The average Bonchev–Trinajstić information content (AvgIpc) is 3.16. The molecular formula is C25H32N4O. The molecule has 4 rings (SSSR count). The fraction of sp³-hybridized carbons (Fsp3) is 0.400. The monoisotopic (exact) mass is 404 g/mol. The van der Waals surface area contributed by atoms with Gasteiger partial charge >= 0.3 is 0 Å². The van der Waals surface area contributed by atoms with Crippen molar-refractivity contribution in [2.45, 2.75) is 34.1 Å². The van der Waals surface area contributed by atoms with Crippen LogP contribution in [-0.4, -0.2) is 48.2 Å². The number of aryl methyl sites for hydroxylation is 2. The summed E-state index contributed by atoms with van der Waals surface area (Å²) in [6, 6.07) is 8.36. The summed E-state index contributed by atoms with van der Waals surface area (Å²) < 4.78 is 5.48. The summed E-state index contributed by atoms with van der Waals surface area (Å²) >= 11 is 0. The summed E-state index contributed by atoms with van der Waals surface area (Å²) in [6.45, 7) is 13.1. The van der Waals surface area contributed by atoms with Crippen LogP contribution in [0, 0.1) is 13.8 Å². The summed E-state index contributed by atoms with van der Waals surface area (Å²) in [5, 5.41) is 8.54. The van der Waals surface area contributed by atoms with E-state index in [1.54, 1.807) is 7.11 Å². The minimum absolute atomic E-state index is 0.876. The minimum Gasteiger partial charge on any atom is -0.497 e. The molecule has 158 valence electrons. The predicted molar refractivity (Wildman–Crippen MR) is 128 cm³/mol. The van der Waals surface area contributed by atoms with Gasteiger partial charge in [-0.2, -0.15) is 0 Å². The van der Waals surface area contributed by atoms with Gasteiger partial charge in [0.05, 0.1) is 12.6 Å². The van der Waals surface area contributed by atoms with Crippen molar-refractivity contribution >= 4 is 38.4 Å². The van der Waals surface area contributed by atoms with Gasteiger partial charge in [-0.25, -0.2) is 4.98 Å². The first-order chi connectivity index (χ1) is 14.6.